The third-order valence-electron chi connectivity index (χ3n) is 2.43. The van der Waals surface area contributed by atoms with E-state index in [-0.39, 0.29) is 0 Å². The topological polar surface area (TPSA) is 34.1 Å². The van der Waals surface area contributed by atoms with Gasteiger partial charge >= 0.3 is 0 Å². The maximum Gasteiger partial charge on any atom is 0.138 e. The predicted molar refractivity (Wildman–Crippen MR) is 81.9 cm³/mol. The maximum absolute atomic E-state index is 6.09. The second kappa shape index (κ2) is 6.78. The highest BCUT2D eigenvalue weighted by atomic mass is 79.9. The second-order valence-electron chi connectivity index (χ2n) is 3.91. The van der Waals surface area contributed by atoms with Gasteiger partial charge in [-0.15, -0.1) is 0 Å². The molecule has 0 radical (unpaired) electrons. The summed E-state index contributed by atoms with van der Waals surface area (Å²) in [5.74, 6) is 1.51. The lowest BCUT2D eigenvalue weighted by molar-refractivity contribution is 0.301. The lowest BCUT2D eigenvalue weighted by Gasteiger charge is -2.09. The smallest absolute Gasteiger partial charge is 0.138 e. The van der Waals surface area contributed by atoms with E-state index in [2.05, 4.69) is 26.2 Å². The third kappa shape index (κ3) is 4.11. The van der Waals surface area contributed by atoms with Gasteiger partial charge in [0.1, 0.15) is 18.2 Å². The average molecular weight is 342 g/mol. The number of halogens is 2. The van der Waals surface area contributed by atoms with Crippen LogP contribution in [-0.2, 0) is 6.61 Å². The molecule has 0 saturated heterocycles. The van der Waals surface area contributed by atoms with Crippen LogP contribution in [0.2, 0.25) is 5.02 Å². The number of nitrogens with one attached hydrogen (secondary N) is 1. The number of pyridine rings is 1. The zero-order chi connectivity index (χ0) is 13.7. The van der Waals surface area contributed by atoms with Crippen molar-refractivity contribution in [2.24, 2.45) is 0 Å². The van der Waals surface area contributed by atoms with Crippen LogP contribution < -0.4 is 10.1 Å². The molecule has 0 aliphatic carbocycles. The number of aromatic nitrogens is 1. The molecule has 0 amide bonds. The average Bonchev–Trinajstić information content (AvgIpc) is 2.38. The van der Waals surface area contributed by atoms with Gasteiger partial charge in [-0.3, -0.25) is 0 Å². The van der Waals surface area contributed by atoms with Gasteiger partial charge < -0.3 is 10.1 Å². The van der Waals surface area contributed by atoms with Crippen molar-refractivity contribution >= 4 is 33.3 Å². The Morgan fingerprint density at radius 3 is 2.89 bits per heavy atom. The first kappa shape index (κ1) is 14.2. The Kier molecular flexibility index (Phi) is 5.05. The highest BCUT2D eigenvalue weighted by Crippen LogP contribution is 2.28. The monoisotopic (exact) mass is 340 g/mol. The van der Waals surface area contributed by atoms with Crippen molar-refractivity contribution in [2.45, 2.75) is 13.5 Å². The molecule has 3 nitrogen and oxygen atoms in total. The molecular weight excluding hydrogens is 328 g/mol. The minimum absolute atomic E-state index is 0.389. The van der Waals surface area contributed by atoms with E-state index in [1.165, 1.54) is 0 Å². The Balaban J connectivity index is 2.03. The fourth-order valence-electron chi connectivity index (χ4n) is 1.58. The van der Waals surface area contributed by atoms with Gasteiger partial charge in [-0.1, -0.05) is 33.6 Å². The number of rotatable bonds is 5. The molecule has 100 valence electrons. The molecule has 0 spiro atoms. The van der Waals surface area contributed by atoms with E-state index < -0.39 is 0 Å². The van der Waals surface area contributed by atoms with E-state index in [0.717, 1.165) is 22.5 Å². The Labute approximate surface area is 126 Å². The summed E-state index contributed by atoms with van der Waals surface area (Å²) in [4.78, 5) is 4.44. The van der Waals surface area contributed by atoms with Gasteiger partial charge in [0.05, 0.1) is 10.7 Å². The van der Waals surface area contributed by atoms with Crippen LogP contribution in [0, 0.1) is 0 Å². The molecule has 1 heterocycles. The molecule has 5 heteroatoms. The van der Waals surface area contributed by atoms with E-state index >= 15 is 0 Å². The first-order chi connectivity index (χ1) is 9.19. The van der Waals surface area contributed by atoms with E-state index in [1.54, 1.807) is 6.07 Å². The van der Waals surface area contributed by atoms with Crippen LogP contribution in [0.4, 0.5) is 5.82 Å². The van der Waals surface area contributed by atoms with Crippen molar-refractivity contribution in [3.8, 4) is 5.75 Å². The van der Waals surface area contributed by atoms with E-state index in [4.69, 9.17) is 16.3 Å². The van der Waals surface area contributed by atoms with Gasteiger partial charge in [-0.2, -0.15) is 0 Å². The standard InChI is InChI=1S/C14H14BrClN2O/c1-2-17-14-5-3-4-11(18-14)9-19-13-7-6-10(15)8-12(13)16/h3-8H,2,9H2,1H3,(H,17,18). The number of nitrogens with zero attached hydrogens (tertiary/aromatic N) is 1. The van der Waals surface area contributed by atoms with Crippen molar-refractivity contribution in [3.05, 3.63) is 51.6 Å². The highest BCUT2D eigenvalue weighted by molar-refractivity contribution is 9.10. The van der Waals surface area contributed by atoms with Crippen molar-refractivity contribution in [2.75, 3.05) is 11.9 Å². The van der Waals surface area contributed by atoms with Crippen LogP contribution in [-0.4, -0.2) is 11.5 Å². The molecule has 1 N–H and O–H groups in total. The Morgan fingerprint density at radius 2 is 2.16 bits per heavy atom. The number of ether oxygens (including phenoxy) is 1. The lowest BCUT2D eigenvalue weighted by Crippen LogP contribution is -2.03. The predicted octanol–water partition coefficient (Wildman–Crippen LogP) is 4.51. The molecular formula is C14H14BrClN2O. The SMILES string of the molecule is CCNc1cccc(COc2ccc(Br)cc2Cl)n1. The zero-order valence-electron chi connectivity index (χ0n) is 10.5. The van der Waals surface area contributed by atoms with E-state index in [9.17, 15) is 0 Å². The number of anilines is 1. The normalized spacial score (nSPS) is 10.3. The van der Waals surface area contributed by atoms with Gasteiger partial charge in [0.2, 0.25) is 0 Å². The summed E-state index contributed by atoms with van der Waals surface area (Å²) in [6.45, 7) is 3.27. The third-order valence-corrected chi connectivity index (χ3v) is 3.22. The molecule has 2 aromatic rings. The summed E-state index contributed by atoms with van der Waals surface area (Å²) in [5, 5.41) is 3.75. The van der Waals surface area contributed by atoms with Gasteiger partial charge in [-0.25, -0.2) is 4.98 Å². The van der Waals surface area contributed by atoms with Gasteiger partial charge in [0.15, 0.2) is 0 Å². The lowest BCUT2D eigenvalue weighted by atomic mass is 10.3. The maximum atomic E-state index is 6.09. The quantitative estimate of drug-likeness (QED) is 0.869. The van der Waals surface area contributed by atoms with Crippen LogP contribution >= 0.6 is 27.5 Å². The van der Waals surface area contributed by atoms with Crippen LogP contribution in [0.25, 0.3) is 0 Å². The largest absolute Gasteiger partial charge is 0.486 e. The highest BCUT2D eigenvalue weighted by Gasteiger charge is 2.03. The molecule has 0 unspecified atom stereocenters. The van der Waals surface area contributed by atoms with Gasteiger partial charge in [-0.05, 0) is 37.3 Å². The summed E-state index contributed by atoms with van der Waals surface area (Å²) < 4.78 is 6.60. The first-order valence-corrected chi connectivity index (χ1v) is 7.14. The fraction of sp³-hybridized carbons (Fsp3) is 0.214. The molecule has 0 saturated carbocycles. The molecule has 19 heavy (non-hydrogen) atoms. The Morgan fingerprint density at radius 1 is 1.32 bits per heavy atom. The molecule has 0 atom stereocenters. The zero-order valence-corrected chi connectivity index (χ0v) is 12.8. The van der Waals surface area contributed by atoms with Crippen molar-refractivity contribution in [3.63, 3.8) is 0 Å². The van der Waals surface area contributed by atoms with E-state index in [1.807, 2.05) is 37.3 Å². The minimum Gasteiger partial charge on any atom is -0.486 e. The van der Waals surface area contributed by atoms with Crippen LogP contribution in [0.3, 0.4) is 0 Å². The van der Waals surface area contributed by atoms with Crippen molar-refractivity contribution in [1.82, 2.24) is 4.98 Å². The summed E-state index contributed by atoms with van der Waals surface area (Å²) in [7, 11) is 0. The molecule has 1 aromatic carbocycles. The van der Waals surface area contributed by atoms with Crippen LogP contribution in [0.15, 0.2) is 40.9 Å². The first-order valence-electron chi connectivity index (χ1n) is 5.96. The van der Waals surface area contributed by atoms with Crippen molar-refractivity contribution < 1.29 is 4.74 Å². The Hall–Kier alpha value is -1.26. The number of benzene rings is 1. The molecule has 1 aromatic heterocycles. The molecule has 0 fully saturated rings. The van der Waals surface area contributed by atoms with Crippen LogP contribution in [0.5, 0.6) is 5.75 Å². The number of hydrogen-bond acceptors (Lipinski definition) is 3. The molecule has 0 aliphatic rings. The Bertz CT molecular complexity index is 563. The van der Waals surface area contributed by atoms with E-state index in [0.29, 0.717) is 17.4 Å². The minimum atomic E-state index is 0.389. The summed E-state index contributed by atoms with van der Waals surface area (Å²) >= 11 is 9.45. The van der Waals surface area contributed by atoms with Crippen molar-refractivity contribution in [1.29, 1.82) is 0 Å². The second-order valence-corrected chi connectivity index (χ2v) is 5.23. The summed E-state index contributed by atoms with van der Waals surface area (Å²) in [5.41, 5.74) is 0.859. The molecule has 2 rings (SSSR count). The fourth-order valence-corrected chi connectivity index (χ4v) is 2.31. The molecule has 0 bridgehead atoms. The summed E-state index contributed by atoms with van der Waals surface area (Å²) in [6, 6.07) is 11.3. The van der Waals surface area contributed by atoms with Gasteiger partial charge in [0.25, 0.3) is 0 Å². The molecule has 0 aliphatic heterocycles. The number of hydrogen-bond donors (Lipinski definition) is 1. The van der Waals surface area contributed by atoms with Crippen LogP contribution in [0.1, 0.15) is 12.6 Å². The summed E-state index contributed by atoms with van der Waals surface area (Å²) in [6.07, 6.45) is 0. The van der Waals surface area contributed by atoms with Gasteiger partial charge in [0, 0.05) is 11.0 Å².